The zero-order valence-corrected chi connectivity index (χ0v) is 17.1. The van der Waals surface area contributed by atoms with Gasteiger partial charge in [-0.3, -0.25) is 4.79 Å². The molecule has 0 unspecified atom stereocenters. The second kappa shape index (κ2) is 9.34. The van der Waals surface area contributed by atoms with Crippen LogP contribution in [-0.4, -0.2) is 42.4 Å². The number of carbonyl (C=O) groups is 1. The number of piperidine rings is 1. The Hall–Kier alpha value is -2.18. The van der Waals surface area contributed by atoms with Gasteiger partial charge >= 0.3 is 0 Å². The number of hydrogen-bond acceptors (Lipinski definition) is 3. The Labute approximate surface area is 168 Å². The lowest BCUT2D eigenvalue weighted by Gasteiger charge is -2.34. The molecule has 28 heavy (non-hydrogen) atoms. The molecular formula is C22H28N2O3S. The molecule has 3 rings (SSSR count). The molecule has 1 saturated heterocycles. The van der Waals surface area contributed by atoms with E-state index in [2.05, 4.69) is 0 Å². The third-order valence-corrected chi connectivity index (χ3v) is 7.08. The van der Waals surface area contributed by atoms with E-state index in [4.69, 9.17) is 0 Å². The molecule has 0 aromatic heterocycles. The predicted octanol–water partition coefficient (Wildman–Crippen LogP) is 3.28. The Balaban J connectivity index is 1.79. The van der Waals surface area contributed by atoms with Crippen LogP contribution in [0.5, 0.6) is 0 Å². The van der Waals surface area contributed by atoms with Crippen molar-refractivity contribution in [2.75, 3.05) is 18.8 Å². The van der Waals surface area contributed by atoms with Crippen molar-refractivity contribution in [3.05, 3.63) is 71.8 Å². The summed E-state index contributed by atoms with van der Waals surface area (Å²) in [4.78, 5) is 15.2. The Morgan fingerprint density at radius 3 is 2.04 bits per heavy atom. The Morgan fingerprint density at radius 1 is 1.00 bits per heavy atom. The van der Waals surface area contributed by atoms with Gasteiger partial charge in [0.1, 0.15) is 0 Å². The monoisotopic (exact) mass is 400 g/mol. The minimum absolute atomic E-state index is 0.0312. The Bertz CT molecular complexity index is 828. The maximum atomic E-state index is 13.4. The third-order valence-electron chi connectivity index (χ3n) is 5.24. The van der Waals surface area contributed by atoms with E-state index < -0.39 is 10.0 Å². The SMILES string of the molecule is CCS(=O)(=O)N1CCC[C@@H](C(=O)N(Cc2ccccc2)Cc2ccccc2)C1. The topological polar surface area (TPSA) is 57.7 Å². The highest BCUT2D eigenvalue weighted by Gasteiger charge is 2.33. The largest absolute Gasteiger partial charge is 0.334 e. The number of carbonyl (C=O) groups excluding carboxylic acids is 1. The lowest BCUT2D eigenvalue weighted by atomic mass is 9.97. The van der Waals surface area contributed by atoms with Crippen molar-refractivity contribution in [2.45, 2.75) is 32.9 Å². The number of rotatable bonds is 7. The average Bonchev–Trinajstić information content (AvgIpc) is 2.74. The highest BCUT2D eigenvalue weighted by molar-refractivity contribution is 7.89. The van der Waals surface area contributed by atoms with Crippen LogP contribution in [0.25, 0.3) is 0 Å². The molecule has 5 nitrogen and oxygen atoms in total. The standard InChI is InChI=1S/C22H28N2O3S/c1-2-28(26,27)24-15-9-14-21(18-24)22(25)23(16-19-10-5-3-6-11-19)17-20-12-7-4-8-13-20/h3-8,10-13,21H,2,9,14-18H2,1H3/t21-/m1/s1. The fourth-order valence-corrected chi connectivity index (χ4v) is 4.84. The molecule has 2 aromatic carbocycles. The van der Waals surface area contributed by atoms with Crippen LogP contribution < -0.4 is 0 Å². The van der Waals surface area contributed by atoms with E-state index in [0.29, 0.717) is 19.6 Å². The quantitative estimate of drug-likeness (QED) is 0.717. The second-order valence-electron chi connectivity index (χ2n) is 7.26. The molecule has 1 heterocycles. The van der Waals surface area contributed by atoms with E-state index in [0.717, 1.165) is 24.0 Å². The summed E-state index contributed by atoms with van der Waals surface area (Å²) < 4.78 is 26.0. The molecule has 0 spiro atoms. The predicted molar refractivity (Wildman–Crippen MR) is 111 cm³/mol. The van der Waals surface area contributed by atoms with Crippen LogP contribution in [0.1, 0.15) is 30.9 Å². The molecule has 2 aromatic rings. The van der Waals surface area contributed by atoms with Gasteiger partial charge in [0.2, 0.25) is 15.9 Å². The van der Waals surface area contributed by atoms with Crippen molar-refractivity contribution in [1.29, 1.82) is 0 Å². The number of sulfonamides is 1. The van der Waals surface area contributed by atoms with Crippen LogP contribution in [0.2, 0.25) is 0 Å². The molecular weight excluding hydrogens is 372 g/mol. The molecule has 1 atom stereocenters. The summed E-state index contributed by atoms with van der Waals surface area (Å²) in [5, 5.41) is 0. The minimum atomic E-state index is -3.27. The van der Waals surface area contributed by atoms with Gasteiger partial charge < -0.3 is 4.90 Å². The highest BCUT2D eigenvalue weighted by atomic mass is 32.2. The maximum absolute atomic E-state index is 13.4. The lowest BCUT2D eigenvalue weighted by Crippen LogP contribution is -2.46. The van der Waals surface area contributed by atoms with E-state index in [9.17, 15) is 13.2 Å². The number of hydrogen-bond donors (Lipinski definition) is 0. The molecule has 6 heteroatoms. The zero-order chi connectivity index (χ0) is 20.0. The molecule has 0 radical (unpaired) electrons. The first-order chi connectivity index (χ1) is 13.5. The molecule has 1 amide bonds. The Morgan fingerprint density at radius 2 is 1.54 bits per heavy atom. The molecule has 0 bridgehead atoms. The summed E-state index contributed by atoms with van der Waals surface area (Å²) in [7, 11) is -3.27. The maximum Gasteiger partial charge on any atom is 0.227 e. The van der Waals surface area contributed by atoms with Crippen molar-refractivity contribution in [1.82, 2.24) is 9.21 Å². The van der Waals surface area contributed by atoms with Crippen LogP contribution >= 0.6 is 0 Å². The van der Waals surface area contributed by atoms with E-state index in [1.54, 1.807) is 6.92 Å². The van der Waals surface area contributed by atoms with Crippen LogP contribution in [0.3, 0.4) is 0 Å². The van der Waals surface area contributed by atoms with Crippen molar-refractivity contribution >= 4 is 15.9 Å². The average molecular weight is 401 g/mol. The van der Waals surface area contributed by atoms with Gasteiger partial charge in [0.05, 0.1) is 11.7 Å². The Kier molecular flexibility index (Phi) is 6.86. The molecule has 1 aliphatic heterocycles. The van der Waals surface area contributed by atoms with Crippen LogP contribution in [0, 0.1) is 5.92 Å². The summed E-state index contributed by atoms with van der Waals surface area (Å²) >= 11 is 0. The minimum Gasteiger partial charge on any atom is -0.334 e. The molecule has 1 aliphatic rings. The summed E-state index contributed by atoms with van der Waals surface area (Å²) in [5.41, 5.74) is 2.14. The molecule has 0 N–H and O–H groups in total. The summed E-state index contributed by atoms with van der Waals surface area (Å²) in [6, 6.07) is 19.9. The van der Waals surface area contributed by atoms with Gasteiger partial charge in [-0.2, -0.15) is 0 Å². The number of nitrogens with zero attached hydrogens (tertiary/aromatic N) is 2. The fourth-order valence-electron chi connectivity index (χ4n) is 3.66. The zero-order valence-electron chi connectivity index (χ0n) is 16.3. The second-order valence-corrected chi connectivity index (χ2v) is 9.52. The van der Waals surface area contributed by atoms with Crippen molar-refractivity contribution in [2.24, 2.45) is 5.92 Å². The summed E-state index contributed by atoms with van der Waals surface area (Å²) in [6.45, 7) is 3.49. The summed E-state index contributed by atoms with van der Waals surface area (Å²) in [6.07, 6.45) is 1.45. The van der Waals surface area contributed by atoms with Gasteiger partial charge in [0.15, 0.2) is 0 Å². The highest BCUT2D eigenvalue weighted by Crippen LogP contribution is 2.23. The molecule has 0 aliphatic carbocycles. The van der Waals surface area contributed by atoms with Crippen LogP contribution in [-0.2, 0) is 27.9 Å². The molecule has 150 valence electrons. The van der Waals surface area contributed by atoms with Gasteiger partial charge in [-0.1, -0.05) is 60.7 Å². The van der Waals surface area contributed by atoms with Gasteiger partial charge in [0.25, 0.3) is 0 Å². The van der Waals surface area contributed by atoms with Gasteiger partial charge in [-0.05, 0) is 30.9 Å². The van der Waals surface area contributed by atoms with Gasteiger partial charge in [-0.15, -0.1) is 0 Å². The first kappa shape index (κ1) is 20.6. The number of benzene rings is 2. The smallest absolute Gasteiger partial charge is 0.227 e. The first-order valence-corrected chi connectivity index (χ1v) is 11.4. The van der Waals surface area contributed by atoms with Gasteiger partial charge in [0, 0.05) is 26.2 Å². The van der Waals surface area contributed by atoms with E-state index in [1.165, 1.54) is 4.31 Å². The lowest BCUT2D eigenvalue weighted by molar-refractivity contribution is -0.138. The van der Waals surface area contributed by atoms with Crippen LogP contribution in [0.4, 0.5) is 0 Å². The number of amides is 1. The first-order valence-electron chi connectivity index (χ1n) is 9.84. The van der Waals surface area contributed by atoms with E-state index >= 15 is 0 Å². The van der Waals surface area contributed by atoms with Crippen molar-refractivity contribution < 1.29 is 13.2 Å². The van der Waals surface area contributed by atoms with Crippen molar-refractivity contribution in [3.8, 4) is 0 Å². The van der Waals surface area contributed by atoms with E-state index in [-0.39, 0.29) is 24.1 Å². The fraction of sp³-hybridized carbons (Fsp3) is 0.409. The molecule has 1 fully saturated rings. The summed E-state index contributed by atoms with van der Waals surface area (Å²) in [5.74, 6) is -0.183. The van der Waals surface area contributed by atoms with E-state index in [1.807, 2.05) is 65.6 Å². The molecule has 0 saturated carbocycles. The van der Waals surface area contributed by atoms with Crippen molar-refractivity contribution in [3.63, 3.8) is 0 Å². The van der Waals surface area contributed by atoms with Crippen LogP contribution in [0.15, 0.2) is 60.7 Å². The third kappa shape index (κ3) is 5.20. The van der Waals surface area contributed by atoms with Gasteiger partial charge in [-0.25, -0.2) is 12.7 Å². The normalized spacial score (nSPS) is 18.0.